The Morgan fingerprint density at radius 2 is 1.25 bits per heavy atom. The second-order valence-electron chi connectivity index (χ2n) is 0. The Labute approximate surface area is 37.0 Å². The number of hydrogen-bond acceptors (Lipinski definition) is 1. The molecule has 0 amide bonds. The van der Waals surface area contributed by atoms with Crippen molar-refractivity contribution in [3.05, 3.63) is 7.43 Å². The molecule has 0 heterocycles. The third kappa shape index (κ3) is 30.9. The molecule has 0 rings (SSSR count). The summed E-state index contributed by atoms with van der Waals surface area (Å²) >= 11 is 1.56. The molecule has 1 N–H and O–H groups in total. The van der Waals surface area contributed by atoms with Gasteiger partial charge in [0.05, 0.1) is 0 Å². The minimum absolute atomic E-state index is 0. The fourth-order valence-corrected chi connectivity index (χ4v) is 0. The van der Waals surface area contributed by atoms with Gasteiger partial charge < -0.3 is 7.43 Å². The van der Waals surface area contributed by atoms with Crippen molar-refractivity contribution in [2.45, 2.75) is 7.43 Å². The van der Waals surface area contributed by atoms with Crippen molar-refractivity contribution in [1.29, 1.82) is 4.21 Å². The van der Waals surface area contributed by atoms with Gasteiger partial charge in [-0.25, -0.2) is 0 Å². The van der Waals surface area contributed by atoms with Gasteiger partial charge in [0.1, 0.15) is 0 Å². The van der Waals surface area contributed by atoms with E-state index in [1.165, 1.54) is 0 Å². The Morgan fingerprint density at radius 1 is 1.25 bits per heavy atom. The summed E-state index contributed by atoms with van der Waals surface area (Å²) in [5.41, 5.74) is 0. The van der Waals surface area contributed by atoms with Crippen LogP contribution in [0.5, 0.6) is 0 Å². The first kappa shape index (κ1) is 26.2. The van der Waals surface area contributed by atoms with Crippen LogP contribution in [0, 0.1) is 11.6 Å². The standard InChI is InChI=1S/CH4.CH3.HN.V/h1H4;1H3;1H;/q;-1;;. The van der Waals surface area contributed by atoms with Crippen molar-refractivity contribution in [3.63, 3.8) is 0 Å². The molecule has 1 nitrogen and oxygen atoms in total. The van der Waals surface area contributed by atoms with Gasteiger partial charge in [-0.15, -0.1) is 0 Å². The average Bonchev–Trinajstić information content (AvgIpc) is 1.00. The van der Waals surface area contributed by atoms with Gasteiger partial charge in [-0.1, -0.05) is 7.43 Å². The summed E-state index contributed by atoms with van der Waals surface area (Å²) in [5.74, 6) is 0. The third-order valence-electron chi connectivity index (χ3n) is 0. The van der Waals surface area contributed by atoms with Crippen LogP contribution in [-0.4, -0.2) is 0 Å². The van der Waals surface area contributed by atoms with E-state index in [2.05, 4.69) is 0 Å². The van der Waals surface area contributed by atoms with E-state index < -0.39 is 0 Å². The summed E-state index contributed by atoms with van der Waals surface area (Å²) in [5, 5.41) is 0. The zero-order valence-electron chi connectivity index (χ0n) is 1.95. The summed E-state index contributed by atoms with van der Waals surface area (Å²) < 4.78 is 5.69. The fraction of sp³-hybridized carbons (Fsp3) is 0.500. The second kappa shape index (κ2) is 130. The molecule has 0 fully saturated rings. The third-order valence-corrected chi connectivity index (χ3v) is 0. The summed E-state index contributed by atoms with van der Waals surface area (Å²) in [7, 11) is 0. The van der Waals surface area contributed by atoms with Crippen LogP contribution >= 0.6 is 0 Å². The van der Waals surface area contributed by atoms with E-state index in [1.54, 1.807) is 17.2 Å². The van der Waals surface area contributed by atoms with Crippen LogP contribution in [0.1, 0.15) is 7.43 Å². The van der Waals surface area contributed by atoms with E-state index in [0.29, 0.717) is 0 Å². The van der Waals surface area contributed by atoms with Crippen LogP contribution in [0.2, 0.25) is 0 Å². The van der Waals surface area contributed by atoms with Gasteiger partial charge >= 0.3 is 21.4 Å². The molecule has 27 valence electrons. The van der Waals surface area contributed by atoms with Gasteiger partial charge in [0.25, 0.3) is 0 Å². The van der Waals surface area contributed by atoms with Crippen LogP contribution in [0.25, 0.3) is 0 Å². The van der Waals surface area contributed by atoms with Crippen LogP contribution in [-0.2, 0) is 17.2 Å². The van der Waals surface area contributed by atoms with E-state index in [1.807, 2.05) is 0 Å². The van der Waals surface area contributed by atoms with E-state index in [-0.39, 0.29) is 14.9 Å². The molecule has 4 heavy (non-hydrogen) atoms. The van der Waals surface area contributed by atoms with Crippen molar-refractivity contribution in [2.24, 2.45) is 0 Å². The molecule has 0 atom stereocenters. The molecule has 0 saturated carbocycles. The van der Waals surface area contributed by atoms with Crippen LogP contribution in [0.15, 0.2) is 0 Å². The van der Waals surface area contributed by atoms with Gasteiger partial charge in [0, 0.05) is 0 Å². The van der Waals surface area contributed by atoms with Crippen LogP contribution < -0.4 is 0 Å². The zero-order chi connectivity index (χ0) is 2.00. The van der Waals surface area contributed by atoms with Crippen LogP contribution in [0.4, 0.5) is 0 Å². The number of rotatable bonds is 0. The molecule has 0 radical (unpaired) electrons. The molecular weight excluding hydrogens is 89.0 g/mol. The molecule has 0 aliphatic rings. The molecule has 0 saturated heterocycles. The predicted molar refractivity (Wildman–Crippen MR) is 15.9 cm³/mol. The predicted octanol–water partition coefficient (Wildman–Crippen LogP) is 1.38. The second-order valence-corrected chi connectivity index (χ2v) is 0. The molecule has 0 aliphatic carbocycles. The van der Waals surface area contributed by atoms with Gasteiger partial charge in [0.2, 0.25) is 0 Å². The van der Waals surface area contributed by atoms with Crippen LogP contribution in [0.3, 0.4) is 0 Å². The monoisotopic (exact) mass is 97.0 g/mol. The molecule has 2 heteroatoms. The minimum atomic E-state index is 0. The summed E-state index contributed by atoms with van der Waals surface area (Å²) in [6.07, 6.45) is 0. The Bertz CT molecular complexity index is 6.00. The quantitative estimate of drug-likeness (QED) is 0.441. The molecule has 0 spiro atoms. The van der Waals surface area contributed by atoms with Gasteiger partial charge in [0.15, 0.2) is 0 Å². The number of hydrogen-bond donors (Lipinski definition) is 1. The van der Waals surface area contributed by atoms with Gasteiger partial charge in [-0.05, 0) is 0 Å². The average molecular weight is 97.0 g/mol. The fourth-order valence-electron chi connectivity index (χ4n) is 0. The summed E-state index contributed by atoms with van der Waals surface area (Å²) in [6.45, 7) is 0. The summed E-state index contributed by atoms with van der Waals surface area (Å²) in [6, 6.07) is 0. The number of nitrogens with one attached hydrogen (secondary N) is 1. The maximum atomic E-state index is 5.69. The first-order valence-electron chi connectivity index (χ1n) is 0.224. The van der Waals surface area contributed by atoms with E-state index >= 15 is 0 Å². The molecule has 0 aliphatic heterocycles. The normalized spacial score (nSPS) is 0.750. The molecular formula is C2H8NV-. The van der Waals surface area contributed by atoms with Gasteiger partial charge in [-0.3, -0.25) is 0 Å². The van der Waals surface area contributed by atoms with Crippen molar-refractivity contribution in [2.75, 3.05) is 0 Å². The van der Waals surface area contributed by atoms with E-state index in [0.717, 1.165) is 0 Å². The Hall–Kier alpha value is 0.384. The SMILES string of the molecule is C.[CH3-].[NH]=[V]. The molecule has 0 aromatic carbocycles. The maximum absolute atomic E-state index is 5.69. The molecule has 0 bridgehead atoms. The summed E-state index contributed by atoms with van der Waals surface area (Å²) in [4.78, 5) is 0. The van der Waals surface area contributed by atoms with Crippen molar-refractivity contribution in [1.82, 2.24) is 0 Å². The molecule has 0 aromatic heterocycles. The van der Waals surface area contributed by atoms with Crippen molar-refractivity contribution < 1.29 is 17.2 Å². The zero-order valence-corrected chi connectivity index (χ0v) is 3.34. The Kier molecular flexibility index (Phi) is 853. The van der Waals surface area contributed by atoms with E-state index in [4.69, 9.17) is 4.21 Å². The first-order valence-corrected chi connectivity index (χ1v) is 0.922. The Balaban J connectivity index is -0.00000000500. The molecule has 0 aromatic rings. The van der Waals surface area contributed by atoms with Crippen molar-refractivity contribution >= 4 is 0 Å². The van der Waals surface area contributed by atoms with Gasteiger partial charge in [-0.2, -0.15) is 0 Å². The first-order chi connectivity index (χ1) is 1.00. The van der Waals surface area contributed by atoms with Crippen molar-refractivity contribution in [3.8, 4) is 0 Å². The molecule has 0 unspecified atom stereocenters. The van der Waals surface area contributed by atoms with E-state index in [9.17, 15) is 0 Å². The topological polar surface area (TPSA) is 23.9 Å². The Morgan fingerprint density at radius 3 is 1.25 bits per heavy atom.